The van der Waals surface area contributed by atoms with E-state index in [2.05, 4.69) is 218 Å². The summed E-state index contributed by atoms with van der Waals surface area (Å²) in [6, 6.07) is 49.1. The molecule has 3 aliphatic heterocycles. The zero-order chi connectivity index (χ0) is 43.3. The van der Waals surface area contributed by atoms with E-state index >= 15 is 0 Å². The lowest BCUT2D eigenvalue weighted by Gasteiger charge is -2.53. The largest absolute Gasteiger partial charge is 0.335 e. The molecule has 6 aromatic rings. The maximum absolute atomic E-state index is 2.91. The smallest absolute Gasteiger partial charge is 0.248 e. The van der Waals surface area contributed by atoms with Crippen LogP contribution in [0.5, 0.6) is 0 Å². The molecule has 4 heteroatoms. The molecule has 2 unspecified atom stereocenters. The minimum absolute atomic E-state index is 0.00278. The fraction of sp³-hybridized carbons (Fsp3) is 0.345. The van der Waals surface area contributed by atoms with Crippen molar-refractivity contribution in [2.24, 2.45) is 0 Å². The molecule has 0 bridgehead atoms. The number of para-hydroxylation sites is 2. The van der Waals surface area contributed by atoms with Crippen LogP contribution in [0.4, 0.5) is 39.8 Å². The third-order valence-electron chi connectivity index (χ3n) is 16.2. The Hall–Kier alpha value is -5.48. The number of benzene rings is 6. The summed E-state index contributed by atoms with van der Waals surface area (Å²) in [5.74, 6) is 0. The van der Waals surface area contributed by atoms with Gasteiger partial charge in [-0.25, -0.2) is 0 Å². The molecule has 2 aliphatic carbocycles. The number of allylic oxidation sites excluding steroid dienone is 1. The number of rotatable bonds is 4. The summed E-state index contributed by atoms with van der Waals surface area (Å²) in [6.07, 6.45) is 4.87. The number of fused-ring (bicyclic) bond motifs is 8. The van der Waals surface area contributed by atoms with E-state index in [4.69, 9.17) is 0 Å². The van der Waals surface area contributed by atoms with Crippen LogP contribution < -0.4 is 25.6 Å². The fourth-order valence-corrected chi connectivity index (χ4v) is 12.7. The molecule has 5 aliphatic rings. The first-order valence-corrected chi connectivity index (χ1v) is 23.3. The highest BCUT2D eigenvalue weighted by molar-refractivity contribution is 6.96. The predicted octanol–water partition coefficient (Wildman–Crippen LogP) is 14.1. The van der Waals surface area contributed by atoms with Crippen LogP contribution in [0.1, 0.15) is 128 Å². The Labute approximate surface area is 371 Å². The molecule has 2 atom stereocenters. The molecule has 0 radical (unpaired) electrons. The summed E-state index contributed by atoms with van der Waals surface area (Å²) in [4.78, 5) is 8.12. The molecule has 3 nitrogen and oxygen atoms in total. The third kappa shape index (κ3) is 5.25. The minimum Gasteiger partial charge on any atom is -0.335 e. The van der Waals surface area contributed by atoms with Crippen molar-refractivity contribution in [1.29, 1.82) is 0 Å². The van der Waals surface area contributed by atoms with Gasteiger partial charge in [-0.3, -0.25) is 0 Å². The minimum atomic E-state index is -0.214. The number of nitrogens with zero attached hydrogens (tertiary/aromatic N) is 3. The van der Waals surface area contributed by atoms with E-state index in [0.29, 0.717) is 0 Å². The van der Waals surface area contributed by atoms with Crippen molar-refractivity contribution in [3.63, 3.8) is 0 Å². The summed E-state index contributed by atoms with van der Waals surface area (Å²) in [5.41, 5.74) is 22.9. The maximum Gasteiger partial charge on any atom is 0.248 e. The van der Waals surface area contributed by atoms with Crippen molar-refractivity contribution in [2.45, 2.75) is 129 Å². The predicted molar refractivity (Wildman–Crippen MR) is 266 cm³/mol. The van der Waals surface area contributed by atoms with Crippen LogP contribution in [0.15, 0.2) is 133 Å². The Balaban J connectivity index is 1.32. The lowest BCUT2D eigenvalue weighted by Crippen LogP contribution is -2.62. The van der Waals surface area contributed by atoms with Crippen molar-refractivity contribution in [3.8, 4) is 0 Å². The third-order valence-corrected chi connectivity index (χ3v) is 16.2. The number of anilines is 7. The van der Waals surface area contributed by atoms with Crippen molar-refractivity contribution in [2.75, 3.05) is 14.7 Å². The first-order chi connectivity index (χ1) is 29.4. The van der Waals surface area contributed by atoms with Crippen molar-refractivity contribution in [1.82, 2.24) is 0 Å². The zero-order valence-corrected chi connectivity index (χ0v) is 38.9. The average Bonchev–Trinajstić information content (AvgIpc) is 3.60. The lowest BCUT2D eigenvalue weighted by molar-refractivity contribution is 0.195. The van der Waals surface area contributed by atoms with Crippen LogP contribution in [0, 0.1) is 6.92 Å². The van der Waals surface area contributed by atoms with Gasteiger partial charge in [0.1, 0.15) is 0 Å². The normalized spacial score (nSPS) is 21.6. The van der Waals surface area contributed by atoms with Gasteiger partial charge < -0.3 is 14.7 Å². The molecule has 6 aromatic carbocycles. The van der Waals surface area contributed by atoms with Gasteiger partial charge in [-0.05, 0) is 119 Å². The molecule has 3 heterocycles. The van der Waals surface area contributed by atoms with Crippen molar-refractivity contribution < 1.29 is 0 Å². The highest BCUT2D eigenvalue weighted by Crippen LogP contribution is 2.64. The number of aryl methyl sites for hydroxylation is 1. The Morgan fingerprint density at radius 3 is 1.84 bits per heavy atom. The molecule has 0 saturated heterocycles. The Morgan fingerprint density at radius 1 is 0.581 bits per heavy atom. The maximum atomic E-state index is 2.91. The van der Waals surface area contributed by atoms with Gasteiger partial charge in [0.15, 0.2) is 0 Å². The molecule has 1 fully saturated rings. The summed E-state index contributed by atoms with van der Waals surface area (Å²) in [7, 11) is 0. The molecular formula is C58H62BN3. The van der Waals surface area contributed by atoms with Crippen LogP contribution >= 0.6 is 0 Å². The average molecular weight is 812 g/mol. The van der Waals surface area contributed by atoms with Crippen LogP contribution in [0.25, 0.3) is 5.70 Å². The van der Waals surface area contributed by atoms with Crippen LogP contribution in [0.2, 0.25) is 0 Å². The molecule has 0 amide bonds. The van der Waals surface area contributed by atoms with E-state index in [1.165, 1.54) is 97.6 Å². The van der Waals surface area contributed by atoms with E-state index in [9.17, 15) is 0 Å². The summed E-state index contributed by atoms with van der Waals surface area (Å²) in [6.45, 7) is 26.9. The Bertz CT molecular complexity index is 2820. The van der Waals surface area contributed by atoms with Gasteiger partial charge in [0.2, 0.25) is 6.71 Å². The van der Waals surface area contributed by atoms with E-state index < -0.39 is 0 Å². The Kier molecular flexibility index (Phi) is 8.28. The molecule has 0 aromatic heterocycles. The molecule has 312 valence electrons. The molecule has 1 saturated carbocycles. The fourth-order valence-electron chi connectivity index (χ4n) is 12.7. The molecule has 11 rings (SSSR count). The highest BCUT2D eigenvalue weighted by Gasteiger charge is 2.63. The van der Waals surface area contributed by atoms with Gasteiger partial charge in [0.25, 0.3) is 0 Å². The molecular weight excluding hydrogens is 749 g/mol. The summed E-state index contributed by atoms with van der Waals surface area (Å²) >= 11 is 0. The van der Waals surface area contributed by atoms with E-state index in [1.54, 1.807) is 5.56 Å². The van der Waals surface area contributed by atoms with Crippen molar-refractivity contribution in [3.05, 3.63) is 166 Å². The molecule has 62 heavy (non-hydrogen) atoms. The van der Waals surface area contributed by atoms with Gasteiger partial charge in [-0.15, -0.1) is 0 Å². The second-order valence-electron chi connectivity index (χ2n) is 22.2. The van der Waals surface area contributed by atoms with Gasteiger partial charge in [-0.1, -0.05) is 166 Å². The first-order valence-electron chi connectivity index (χ1n) is 23.3. The van der Waals surface area contributed by atoms with Gasteiger partial charge >= 0.3 is 0 Å². The van der Waals surface area contributed by atoms with E-state index in [0.717, 1.165) is 17.8 Å². The quantitative estimate of drug-likeness (QED) is 0.164. The van der Waals surface area contributed by atoms with E-state index in [1.807, 2.05) is 0 Å². The van der Waals surface area contributed by atoms with E-state index in [-0.39, 0.29) is 33.9 Å². The molecule has 0 spiro atoms. The number of hydrogen-bond acceptors (Lipinski definition) is 3. The second kappa shape index (κ2) is 13.0. The lowest BCUT2D eigenvalue weighted by atomic mass is 9.30. The second-order valence-corrected chi connectivity index (χ2v) is 22.2. The summed E-state index contributed by atoms with van der Waals surface area (Å²) in [5, 5.41) is 0. The number of hydrogen-bond donors (Lipinski definition) is 0. The van der Waals surface area contributed by atoms with Crippen LogP contribution in [-0.4, -0.2) is 12.3 Å². The van der Waals surface area contributed by atoms with Gasteiger partial charge in [-0.2, -0.15) is 0 Å². The standard InChI is InChI=1S/C58H62BN3/c1-37-32-38(54(2,3)4)28-29-47(37)61-48-35-42(60(40-22-14-12-15-23-40)41-24-16-13-17-25-41)36-49-50(48)59(53-51(61)43-26-18-19-27-44(43)56(53,8)9)46-34-39(55(5,6)7)33-45-52(46)62(49)58(11)31-21-20-30-57(45,58)10/h12-19,22-29,32-36H,20-21,30-31H2,1-11H3. The Morgan fingerprint density at radius 2 is 1.19 bits per heavy atom. The highest BCUT2D eigenvalue weighted by atomic mass is 15.3. The van der Waals surface area contributed by atoms with Gasteiger partial charge in [0, 0.05) is 56.2 Å². The molecule has 0 N–H and O–H groups in total. The van der Waals surface area contributed by atoms with Crippen molar-refractivity contribution >= 4 is 63.1 Å². The summed E-state index contributed by atoms with van der Waals surface area (Å²) < 4.78 is 0. The SMILES string of the molecule is Cc1cc(C(C)(C)C)ccc1N1C2=C(B3c4cc(C(C)(C)C)cc5c4N(c4cc(N(c6ccccc6)c6ccccc6)cc1c43)C1(C)CCCCC51C)C(C)(C)c1ccccc12. The first kappa shape index (κ1) is 39.4. The zero-order valence-electron chi connectivity index (χ0n) is 38.9. The van der Waals surface area contributed by atoms with Crippen LogP contribution in [-0.2, 0) is 21.7 Å². The monoisotopic (exact) mass is 812 g/mol. The van der Waals surface area contributed by atoms with Gasteiger partial charge in [0.05, 0.1) is 11.2 Å². The van der Waals surface area contributed by atoms with Crippen LogP contribution in [0.3, 0.4) is 0 Å². The topological polar surface area (TPSA) is 9.72 Å².